The maximum Gasteiger partial charge on any atom is 0.360 e. The zero-order valence-electron chi connectivity index (χ0n) is 10.0. The molecule has 0 atom stereocenters. The molecule has 0 fully saturated rings. The molecule has 18 heavy (non-hydrogen) atoms. The van der Waals surface area contributed by atoms with Crippen LogP contribution in [0.1, 0.15) is 17.4 Å². The average molecular weight is 248 g/mol. The molecule has 0 bridgehead atoms. The van der Waals surface area contributed by atoms with E-state index in [1.54, 1.807) is 32.4 Å². The lowest BCUT2D eigenvalue weighted by atomic mass is 10.2. The summed E-state index contributed by atoms with van der Waals surface area (Å²) in [7, 11) is 1.56. The van der Waals surface area contributed by atoms with Crippen LogP contribution in [0, 0.1) is 0 Å². The molecule has 2 aromatic heterocycles. The highest BCUT2D eigenvalue weighted by molar-refractivity contribution is 5.88. The minimum Gasteiger partial charge on any atom is -0.495 e. The van der Waals surface area contributed by atoms with Gasteiger partial charge < -0.3 is 14.0 Å². The molecule has 0 aliphatic rings. The highest BCUT2D eigenvalue weighted by Gasteiger charge is 2.15. The summed E-state index contributed by atoms with van der Waals surface area (Å²) in [4.78, 5) is 15.5. The first kappa shape index (κ1) is 12.1. The quantitative estimate of drug-likeness (QED) is 0.769. The van der Waals surface area contributed by atoms with Gasteiger partial charge in [-0.2, -0.15) is 0 Å². The van der Waals surface area contributed by atoms with Crippen molar-refractivity contribution in [2.45, 2.75) is 6.92 Å². The number of ether oxygens (including phenoxy) is 2. The fourth-order valence-corrected chi connectivity index (χ4v) is 1.34. The van der Waals surface area contributed by atoms with Crippen LogP contribution in [0.5, 0.6) is 5.75 Å². The molecule has 0 aromatic carbocycles. The summed E-state index contributed by atoms with van der Waals surface area (Å²) >= 11 is 0. The number of rotatable bonds is 4. The van der Waals surface area contributed by atoms with E-state index < -0.39 is 5.97 Å². The van der Waals surface area contributed by atoms with Crippen molar-refractivity contribution < 1.29 is 18.8 Å². The molecule has 0 aliphatic carbocycles. The van der Waals surface area contributed by atoms with Crippen molar-refractivity contribution in [3.63, 3.8) is 0 Å². The predicted molar refractivity (Wildman–Crippen MR) is 62.2 cm³/mol. The number of hydrogen-bond donors (Lipinski definition) is 0. The molecular formula is C12H12N2O4. The van der Waals surface area contributed by atoms with Crippen LogP contribution in [0.25, 0.3) is 11.5 Å². The second-order valence-electron chi connectivity index (χ2n) is 3.38. The van der Waals surface area contributed by atoms with Gasteiger partial charge in [0, 0.05) is 6.07 Å². The van der Waals surface area contributed by atoms with E-state index in [0.29, 0.717) is 23.8 Å². The molecule has 94 valence electrons. The molecule has 6 heteroatoms. The molecule has 0 saturated heterocycles. The number of methoxy groups -OCH3 is 1. The van der Waals surface area contributed by atoms with E-state index in [1.807, 2.05) is 0 Å². The number of aromatic nitrogens is 2. The number of carbonyl (C=O) groups excluding carboxylic acids is 1. The first-order valence-electron chi connectivity index (χ1n) is 5.39. The largest absolute Gasteiger partial charge is 0.495 e. The topological polar surface area (TPSA) is 74.5 Å². The highest BCUT2D eigenvalue weighted by atomic mass is 16.5. The maximum absolute atomic E-state index is 11.4. The summed E-state index contributed by atoms with van der Waals surface area (Å²) < 4.78 is 14.8. The third-order valence-electron chi connectivity index (χ3n) is 2.22. The van der Waals surface area contributed by atoms with Gasteiger partial charge in [-0.25, -0.2) is 9.78 Å². The summed E-state index contributed by atoms with van der Waals surface area (Å²) in [5.74, 6) is 0.533. The van der Waals surface area contributed by atoms with E-state index in [0.717, 1.165) is 0 Å². The van der Waals surface area contributed by atoms with Crippen molar-refractivity contribution in [2.24, 2.45) is 0 Å². The Hall–Kier alpha value is -2.37. The summed E-state index contributed by atoms with van der Waals surface area (Å²) in [6.45, 7) is 2.02. The van der Waals surface area contributed by atoms with Gasteiger partial charge in [-0.1, -0.05) is 5.16 Å². The Labute approximate surface area is 104 Å². The van der Waals surface area contributed by atoms with Gasteiger partial charge in [-0.3, -0.25) is 0 Å². The standard InChI is InChI=1S/C12H12N2O4/c1-3-17-12(15)10-6-11(18-14-10)9-5-4-8(16-2)7-13-9/h4-7H,3H2,1-2H3. The second kappa shape index (κ2) is 5.31. The Morgan fingerprint density at radius 2 is 2.28 bits per heavy atom. The smallest absolute Gasteiger partial charge is 0.360 e. The van der Waals surface area contributed by atoms with Gasteiger partial charge in [0.1, 0.15) is 11.4 Å². The monoisotopic (exact) mass is 248 g/mol. The Balaban J connectivity index is 2.20. The SMILES string of the molecule is CCOC(=O)c1cc(-c2ccc(OC)cn2)on1. The molecule has 2 aromatic rings. The first-order valence-corrected chi connectivity index (χ1v) is 5.39. The Morgan fingerprint density at radius 1 is 1.44 bits per heavy atom. The Kier molecular flexibility index (Phi) is 3.57. The van der Waals surface area contributed by atoms with Crippen LogP contribution in [0.15, 0.2) is 28.9 Å². The van der Waals surface area contributed by atoms with Crippen molar-refractivity contribution in [1.82, 2.24) is 10.1 Å². The minimum absolute atomic E-state index is 0.129. The molecule has 0 radical (unpaired) electrons. The molecular weight excluding hydrogens is 236 g/mol. The van der Waals surface area contributed by atoms with E-state index in [2.05, 4.69) is 10.1 Å². The van der Waals surface area contributed by atoms with Crippen molar-refractivity contribution in [1.29, 1.82) is 0 Å². The van der Waals surface area contributed by atoms with E-state index in [-0.39, 0.29) is 5.69 Å². The molecule has 0 spiro atoms. The Bertz CT molecular complexity index is 533. The van der Waals surface area contributed by atoms with Gasteiger partial charge in [0.05, 0.1) is 19.9 Å². The van der Waals surface area contributed by atoms with E-state index >= 15 is 0 Å². The molecule has 0 saturated carbocycles. The van der Waals surface area contributed by atoms with Crippen LogP contribution < -0.4 is 4.74 Å². The molecule has 0 aliphatic heterocycles. The van der Waals surface area contributed by atoms with Crippen molar-refractivity contribution in [2.75, 3.05) is 13.7 Å². The van der Waals surface area contributed by atoms with Crippen molar-refractivity contribution in [3.05, 3.63) is 30.1 Å². The van der Waals surface area contributed by atoms with Crippen LogP contribution in [-0.4, -0.2) is 29.8 Å². The van der Waals surface area contributed by atoms with Crippen LogP contribution in [0.4, 0.5) is 0 Å². The molecule has 2 rings (SSSR count). The zero-order chi connectivity index (χ0) is 13.0. The van der Waals surface area contributed by atoms with E-state index in [4.69, 9.17) is 14.0 Å². The zero-order valence-corrected chi connectivity index (χ0v) is 10.0. The number of carbonyl (C=O) groups is 1. The molecule has 0 N–H and O–H groups in total. The van der Waals surface area contributed by atoms with Gasteiger partial charge in [0.2, 0.25) is 0 Å². The van der Waals surface area contributed by atoms with Gasteiger partial charge in [-0.15, -0.1) is 0 Å². The van der Waals surface area contributed by atoms with Gasteiger partial charge in [0.25, 0.3) is 0 Å². The first-order chi connectivity index (χ1) is 8.74. The van der Waals surface area contributed by atoms with Crippen molar-refractivity contribution in [3.8, 4) is 17.2 Å². The average Bonchev–Trinajstić information content (AvgIpc) is 2.89. The number of esters is 1. The van der Waals surface area contributed by atoms with Crippen LogP contribution >= 0.6 is 0 Å². The minimum atomic E-state index is -0.513. The number of nitrogens with zero attached hydrogens (tertiary/aromatic N) is 2. The van der Waals surface area contributed by atoms with Crippen LogP contribution in [0.3, 0.4) is 0 Å². The Morgan fingerprint density at radius 3 is 2.89 bits per heavy atom. The summed E-state index contributed by atoms with van der Waals surface area (Å²) in [5.41, 5.74) is 0.698. The lowest BCUT2D eigenvalue weighted by Gasteiger charge is -1.98. The summed E-state index contributed by atoms with van der Waals surface area (Å²) in [6.07, 6.45) is 1.56. The number of hydrogen-bond acceptors (Lipinski definition) is 6. The predicted octanol–water partition coefficient (Wildman–Crippen LogP) is 1.92. The molecule has 0 unspecified atom stereocenters. The normalized spacial score (nSPS) is 10.1. The lowest BCUT2D eigenvalue weighted by Crippen LogP contribution is -2.04. The van der Waals surface area contributed by atoms with Crippen LogP contribution in [0.2, 0.25) is 0 Å². The highest BCUT2D eigenvalue weighted by Crippen LogP contribution is 2.20. The van der Waals surface area contributed by atoms with Gasteiger partial charge >= 0.3 is 5.97 Å². The molecule has 6 nitrogen and oxygen atoms in total. The van der Waals surface area contributed by atoms with E-state index in [9.17, 15) is 4.79 Å². The molecule has 0 amide bonds. The lowest BCUT2D eigenvalue weighted by molar-refractivity contribution is 0.0514. The molecule has 2 heterocycles. The summed E-state index contributed by atoms with van der Waals surface area (Å²) in [5, 5.41) is 3.63. The van der Waals surface area contributed by atoms with Gasteiger partial charge in [-0.05, 0) is 19.1 Å². The number of pyridine rings is 1. The van der Waals surface area contributed by atoms with Gasteiger partial charge in [0.15, 0.2) is 11.5 Å². The fourth-order valence-electron chi connectivity index (χ4n) is 1.34. The van der Waals surface area contributed by atoms with E-state index in [1.165, 1.54) is 6.07 Å². The third-order valence-corrected chi connectivity index (χ3v) is 2.22. The third kappa shape index (κ3) is 2.48. The second-order valence-corrected chi connectivity index (χ2v) is 3.38. The fraction of sp³-hybridized carbons (Fsp3) is 0.250. The summed E-state index contributed by atoms with van der Waals surface area (Å²) in [6, 6.07) is 4.95. The van der Waals surface area contributed by atoms with Crippen molar-refractivity contribution >= 4 is 5.97 Å². The maximum atomic E-state index is 11.4. The van der Waals surface area contributed by atoms with Crippen LogP contribution in [-0.2, 0) is 4.74 Å².